The Morgan fingerprint density at radius 1 is 1.04 bits per heavy atom. The lowest BCUT2D eigenvalue weighted by Crippen LogP contribution is -2.43. The highest BCUT2D eigenvalue weighted by Crippen LogP contribution is 2.23. The Hall–Kier alpha value is -2.62. The third kappa shape index (κ3) is 3.32. The van der Waals surface area contributed by atoms with Gasteiger partial charge in [-0.25, -0.2) is 0 Å². The molecule has 0 aliphatic carbocycles. The minimum absolute atomic E-state index is 0.0718. The van der Waals surface area contributed by atoms with Crippen LogP contribution in [0.1, 0.15) is 34.3 Å². The summed E-state index contributed by atoms with van der Waals surface area (Å²) in [5.41, 5.74) is 3.57. The van der Waals surface area contributed by atoms with Gasteiger partial charge in [-0.3, -0.25) is 9.59 Å². The van der Waals surface area contributed by atoms with Gasteiger partial charge in [0.1, 0.15) is 6.04 Å². The highest BCUT2D eigenvalue weighted by molar-refractivity contribution is 6.01. The Morgan fingerprint density at radius 3 is 2.46 bits per heavy atom. The van der Waals surface area contributed by atoms with Gasteiger partial charge >= 0.3 is 0 Å². The molecule has 2 amide bonds. The van der Waals surface area contributed by atoms with Crippen LogP contribution < -0.4 is 5.32 Å². The lowest BCUT2D eigenvalue weighted by molar-refractivity contribution is -0.119. The fourth-order valence-electron chi connectivity index (χ4n) is 3.07. The normalized spacial score (nSPS) is 16.9. The zero-order chi connectivity index (χ0) is 17.1. The number of amides is 2. The van der Waals surface area contributed by atoms with Crippen LogP contribution in [0.15, 0.2) is 48.5 Å². The summed E-state index contributed by atoms with van der Waals surface area (Å²) in [7, 11) is 0. The fourth-order valence-corrected chi connectivity index (χ4v) is 3.07. The molecule has 1 heterocycles. The number of para-hydroxylation sites is 1. The molecule has 3 rings (SSSR count). The Labute approximate surface area is 142 Å². The first-order valence-electron chi connectivity index (χ1n) is 8.30. The summed E-state index contributed by atoms with van der Waals surface area (Å²) in [6, 6.07) is 14.8. The van der Waals surface area contributed by atoms with E-state index in [1.807, 2.05) is 62.4 Å². The minimum Gasteiger partial charge on any atom is -0.327 e. The van der Waals surface area contributed by atoms with E-state index in [0.29, 0.717) is 18.5 Å². The largest absolute Gasteiger partial charge is 0.327 e. The molecule has 0 saturated carbocycles. The molecule has 4 heteroatoms. The van der Waals surface area contributed by atoms with E-state index in [1.54, 1.807) is 4.90 Å². The average molecular weight is 322 g/mol. The van der Waals surface area contributed by atoms with Gasteiger partial charge in [-0.05, 0) is 50.5 Å². The van der Waals surface area contributed by atoms with Gasteiger partial charge < -0.3 is 10.2 Å². The quantitative estimate of drug-likeness (QED) is 0.939. The molecule has 1 fully saturated rings. The molecule has 1 atom stereocenters. The number of nitrogens with one attached hydrogen (secondary N) is 1. The van der Waals surface area contributed by atoms with Crippen molar-refractivity contribution in [2.24, 2.45) is 0 Å². The van der Waals surface area contributed by atoms with Crippen LogP contribution in [0, 0.1) is 13.8 Å². The Balaban J connectivity index is 1.75. The number of likely N-dealkylation sites (tertiary alicyclic amines) is 1. The smallest absolute Gasteiger partial charge is 0.254 e. The molecule has 2 aromatic carbocycles. The van der Waals surface area contributed by atoms with E-state index in [4.69, 9.17) is 0 Å². The molecule has 1 aliphatic heterocycles. The van der Waals surface area contributed by atoms with Crippen molar-refractivity contribution in [2.75, 3.05) is 11.9 Å². The summed E-state index contributed by atoms with van der Waals surface area (Å²) >= 11 is 0. The molecule has 124 valence electrons. The maximum Gasteiger partial charge on any atom is 0.254 e. The zero-order valence-corrected chi connectivity index (χ0v) is 14.1. The highest BCUT2D eigenvalue weighted by Gasteiger charge is 2.34. The highest BCUT2D eigenvalue weighted by atomic mass is 16.2. The molecule has 4 nitrogen and oxygen atoms in total. The van der Waals surface area contributed by atoms with Gasteiger partial charge in [-0.1, -0.05) is 35.9 Å². The molecule has 0 aromatic heterocycles. The number of aryl methyl sites for hydroxylation is 2. The van der Waals surface area contributed by atoms with Crippen molar-refractivity contribution in [3.63, 3.8) is 0 Å². The number of benzene rings is 2. The summed E-state index contributed by atoms with van der Waals surface area (Å²) in [6.45, 7) is 4.57. The predicted octanol–water partition coefficient (Wildman–Crippen LogP) is 3.55. The van der Waals surface area contributed by atoms with Crippen LogP contribution in [-0.4, -0.2) is 29.3 Å². The van der Waals surface area contributed by atoms with Crippen LogP contribution >= 0.6 is 0 Å². The first kappa shape index (κ1) is 16.2. The summed E-state index contributed by atoms with van der Waals surface area (Å²) in [6.07, 6.45) is 1.55. The van der Waals surface area contributed by atoms with Crippen LogP contribution in [-0.2, 0) is 4.79 Å². The molecule has 1 saturated heterocycles. The second kappa shape index (κ2) is 6.87. The maximum atomic E-state index is 12.7. The summed E-state index contributed by atoms with van der Waals surface area (Å²) in [4.78, 5) is 27.1. The molecule has 24 heavy (non-hydrogen) atoms. The maximum absolute atomic E-state index is 12.7. The zero-order valence-electron chi connectivity index (χ0n) is 14.1. The van der Waals surface area contributed by atoms with Gasteiger partial charge in [0.15, 0.2) is 0 Å². The number of hydrogen-bond donors (Lipinski definition) is 1. The summed E-state index contributed by atoms with van der Waals surface area (Å²) in [5.74, 6) is -0.181. The minimum atomic E-state index is -0.404. The first-order chi connectivity index (χ1) is 11.6. The molecule has 0 bridgehead atoms. The number of anilines is 1. The van der Waals surface area contributed by atoms with Gasteiger partial charge in [0, 0.05) is 17.8 Å². The van der Waals surface area contributed by atoms with Gasteiger partial charge in [0.25, 0.3) is 5.91 Å². The van der Waals surface area contributed by atoms with Crippen LogP contribution in [0.2, 0.25) is 0 Å². The van der Waals surface area contributed by atoms with Crippen molar-refractivity contribution in [3.05, 3.63) is 65.2 Å². The Morgan fingerprint density at radius 2 is 1.75 bits per heavy atom. The van der Waals surface area contributed by atoms with Crippen molar-refractivity contribution < 1.29 is 9.59 Å². The van der Waals surface area contributed by atoms with Crippen LogP contribution in [0.25, 0.3) is 0 Å². The standard InChI is InChI=1S/C20H22N2O2/c1-14-9-11-16(12-10-14)20(24)22-13-5-8-18(22)19(23)21-17-7-4-3-6-15(17)2/h3-4,6-7,9-12,18H,5,8,13H2,1-2H3,(H,21,23)/t18-/m0/s1. The Kier molecular flexibility index (Phi) is 4.65. The van der Waals surface area contributed by atoms with Crippen molar-refractivity contribution >= 4 is 17.5 Å². The van der Waals surface area contributed by atoms with E-state index < -0.39 is 6.04 Å². The molecular weight excluding hydrogens is 300 g/mol. The van der Waals surface area contributed by atoms with E-state index in [1.165, 1.54) is 0 Å². The molecule has 0 unspecified atom stereocenters. The van der Waals surface area contributed by atoms with Crippen LogP contribution in [0.4, 0.5) is 5.69 Å². The molecular formula is C20H22N2O2. The van der Waals surface area contributed by atoms with Crippen LogP contribution in [0.3, 0.4) is 0 Å². The average Bonchev–Trinajstić information content (AvgIpc) is 3.07. The van der Waals surface area contributed by atoms with E-state index in [0.717, 1.165) is 23.2 Å². The molecule has 2 aromatic rings. The van der Waals surface area contributed by atoms with Crippen molar-refractivity contribution in [2.45, 2.75) is 32.7 Å². The third-order valence-corrected chi connectivity index (χ3v) is 4.52. The molecule has 1 aliphatic rings. The van der Waals surface area contributed by atoms with E-state index in [9.17, 15) is 9.59 Å². The fraction of sp³-hybridized carbons (Fsp3) is 0.300. The SMILES string of the molecule is Cc1ccc(C(=O)N2CCC[C@H]2C(=O)Nc2ccccc2C)cc1. The van der Waals surface area contributed by atoms with Crippen LogP contribution in [0.5, 0.6) is 0 Å². The van der Waals surface area contributed by atoms with Gasteiger partial charge in [-0.15, -0.1) is 0 Å². The molecule has 1 N–H and O–H groups in total. The van der Waals surface area contributed by atoms with Gasteiger partial charge in [0.05, 0.1) is 0 Å². The lowest BCUT2D eigenvalue weighted by atomic mass is 10.1. The molecule has 0 spiro atoms. The number of carbonyl (C=O) groups excluding carboxylic acids is 2. The van der Waals surface area contributed by atoms with Crippen molar-refractivity contribution in [1.29, 1.82) is 0 Å². The number of nitrogens with zero attached hydrogens (tertiary/aromatic N) is 1. The van der Waals surface area contributed by atoms with Gasteiger partial charge in [-0.2, -0.15) is 0 Å². The second-order valence-corrected chi connectivity index (χ2v) is 6.33. The van der Waals surface area contributed by atoms with E-state index in [2.05, 4.69) is 5.32 Å². The van der Waals surface area contributed by atoms with Crippen molar-refractivity contribution in [3.8, 4) is 0 Å². The third-order valence-electron chi connectivity index (χ3n) is 4.52. The second-order valence-electron chi connectivity index (χ2n) is 6.33. The summed E-state index contributed by atoms with van der Waals surface area (Å²) in [5, 5.41) is 2.96. The topological polar surface area (TPSA) is 49.4 Å². The predicted molar refractivity (Wildman–Crippen MR) is 95.0 cm³/mol. The molecule has 0 radical (unpaired) electrons. The number of hydrogen-bond acceptors (Lipinski definition) is 2. The van der Waals surface area contributed by atoms with Crippen molar-refractivity contribution in [1.82, 2.24) is 4.90 Å². The number of rotatable bonds is 3. The van der Waals surface area contributed by atoms with Gasteiger partial charge in [0.2, 0.25) is 5.91 Å². The first-order valence-corrected chi connectivity index (χ1v) is 8.30. The lowest BCUT2D eigenvalue weighted by Gasteiger charge is -2.24. The van der Waals surface area contributed by atoms with E-state index in [-0.39, 0.29) is 11.8 Å². The Bertz CT molecular complexity index is 752. The number of carbonyl (C=O) groups is 2. The summed E-state index contributed by atoms with van der Waals surface area (Å²) < 4.78 is 0. The van der Waals surface area contributed by atoms with E-state index >= 15 is 0 Å². The monoisotopic (exact) mass is 322 g/mol.